The zero-order valence-electron chi connectivity index (χ0n) is 17.4. The summed E-state index contributed by atoms with van der Waals surface area (Å²) in [6.45, 7) is 4.39. The Bertz CT molecular complexity index is 1220. The predicted octanol–water partition coefficient (Wildman–Crippen LogP) is 3.36. The van der Waals surface area contributed by atoms with Gasteiger partial charge >= 0.3 is 0 Å². The largest absolute Gasteiger partial charge is 0.497 e. The average Bonchev–Trinajstić information content (AvgIpc) is 3.02. The summed E-state index contributed by atoms with van der Waals surface area (Å²) >= 11 is 3.00. The quantitative estimate of drug-likeness (QED) is 0.295. The molecule has 0 unspecified atom stereocenters. The van der Waals surface area contributed by atoms with Gasteiger partial charge in [-0.05, 0) is 37.5 Å². The van der Waals surface area contributed by atoms with E-state index in [-0.39, 0.29) is 5.56 Å². The molecular formula is C20H25N3O4S3. The van der Waals surface area contributed by atoms with E-state index < -0.39 is 10.0 Å². The van der Waals surface area contributed by atoms with Crippen LogP contribution in [0.1, 0.15) is 23.8 Å². The lowest BCUT2D eigenvalue weighted by atomic mass is 10.2. The normalized spacial score (nSPS) is 11.9. The first-order valence-electron chi connectivity index (χ1n) is 9.52. The number of hydrogen-bond acceptors (Lipinski definition) is 7. The standard InChI is InChI=1S/C20H25N3O4S3/c1-5-16-13(2)17-18(29-16)22-20(28-11-7-10-21-30(4,25)26)23(19(17)24)14-8-6-9-15(12-14)27-3/h6,8-9,12,21H,5,7,10-11H2,1-4H3. The van der Waals surface area contributed by atoms with Crippen molar-refractivity contribution < 1.29 is 13.2 Å². The molecule has 30 heavy (non-hydrogen) atoms. The minimum Gasteiger partial charge on any atom is -0.497 e. The van der Waals surface area contributed by atoms with Crippen LogP contribution < -0.4 is 15.0 Å². The van der Waals surface area contributed by atoms with Crippen LogP contribution >= 0.6 is 23.1 Å². The third-order valence-corrected chi connectivity index (χ3v) is 7.66. The van der Waals surface area contributed by atoms with Crippen LogP contribution in [0.25, 0.3) is 15.9 Å². The lowest BCUT2D eigenvalue weighted by Gasteiger charge is -2.13. The molecule has 0 aliphatic heterocycles. The van der Waals surface area contributed by atoms with Crippen molar-refractivity contribution in [2.75, 3.05) is 25.7 Å². The number of nitrogens with one attached hydrogen (secondary N) is 1. The van der Waals surface area contributed by atoms with Crippen LogP contribution in [0.5, 0.6) is 5.75 Å². The van der Waals surface area contributed by atoms with E-state index in [0.717, 1.165) is 27.9 Å². The number of methoxy groups -OCH3 is 1. The zero-order valence-corrected chi connectivity index (χ0v) is 19.8. The van der Waals surface area contributed by atoms with E-state index in [1.165, 1.54) is 11.8 Å². The molecule has 0 saturated carbocycles. The van der Waals surface area contributed by atoms with Gasteiger partial charge < -0.3 is 4.74 Å². The Morgan fingerprint density at radius 1 is 1.33 bits per heavy atom. The van der Waals surface area contributed by atoms with Crippen molar-refractivity contribution in [2.45, 2.75) is 31.8 Å². The highest BCUT2D eigenvalue weighted by molar-refractivity contribution is 7.99. The third-order valence-electron chi connectivity index (χ3n) is 4.58. The molecule has 3 rings (SSSR count). The first-order chi connectivity index (χ1) is 14.2. The number of thiophene rings is 1. The van der Waals surface area contributed by atoms with Crippen molar-refractivity contribution in [3.63, 3.8) is 0 Å². The van der Waals surface area contributed by atoms with Crippen molar-refractivity contribution in [1.29, 1.82) is 0 Å². The second-order valence-electron chi connectivity index (χ2n) is 6.79. The number of sulfonamides is 1. The summed E-state index contributed by atoms with van der Waals surface area (Å²) in [5.41, 5.74) is 1.58. The van der Waals surface area contributed by atoms with Gasteiger partial charge in [-0.25, -0.2) is 18.1 Å². The molecule has 0 spiro atoms. The molecule has 0 saturated heterocycles. The summed E-state index contributed by atoms with van der Waals surface area (Å²) in [4.78, 5) is 20.2. The number of ether oxygens (including phenoxy) is 1. The van der Waals surface area contributed by atoms with Gasteiger partial charge in [-0.1, -0.05) is 24.8 Å². The van der Waals surface area contributed by atoms with Crippen molar-refractivity contribution in [1.82, 2.24) is 14.3 Å². The number of aryl methyl sites for hydroxylation is 2. The molecular weight excluding hydrogens is 442 g/mol. The number of benzene rings is 1. The Balaban J connectivity index is 2.03. The molecule has 10 heteroatoms. The van der Waals surface area contributed by atoms with Gasteiger partial charge in [0.05, 0.1) is 24.4 Å². The van der Waals surface area contributed by atoms with Crippen LogP contribution in [0, 0.1) is 6.92 Å². The minimum atomic E-state index is -3.21. The topological polar surface area (TPSA) is 90.3 Å². The number of nitrogens with zero attached hydrogens (tertiary/aromatic N) is 2. The van der Waals surface area contributed by atoms with Crippen LogP contribution in [-0.4, -0.2) is 43.6 Å². The van der Waals surface area contributed by atoms with Crippen LogP contribution in [0.15, 0.2) is 34.2 Å². The lowest BCUT2D eigenvalue weighted by Crippen LogP contribution is -2.24. The summed E-state index contributed by atoms with van der Waals surface area (Å²) in [5.74, 6) is 1.28. The number of fused-ring (bicyclic) bond motifs is 1. The third kappa shape index (κ3) is 5.05. The van der Waals surface area contributed by atoms with E-state index in [2.05, 4.69) is 11.6 Å². The summed E-state index contributed by atoms with van der Waals surface area (Å²) in [6, 6.07) is 7.34. The first-order valence-corrected chi connectivity index (χ1v) is 13.2. The molecule has 2 aromatic heterocycles. The van der Waals surface area contributed by atoms with Crippen molar-refractivity contribution in [3.05, 3.63) is 45.1 Å². The van der Waals surface area contributed by atoms with Crippen LogP contribution in [0.2, 0.25) is 0 Å². The van der Waals surface area contributed by atoms with Crippen LogP contribution in [0.4, 0.5) is 0 Å². The molecule has 0 aliphatic carbocycles. The van der Waals surface area contributed by atoms with Crippen molar-refractivity contribution in [2.24, 2.45) is 0 Å². The fourth-order valence-corrected chi connectivity index (χ4v) is 5.74. The summed E-state index contributed by atoms with van der Waals surface area (Å²) in [7, 11) is -1.62. The average molecular weight is 468 g/mol. The molecule has 1 aromatic carbocycles. The van der Waals surface area contributed by atoms with Crippen LogP contribution in [0.3, 0.4) is 0 Å². The maximum Gasteiger partial charge on any atom is 0.267 e. The van der Waals surface area contributed by atoms with Gasteiger partial charge in [0.25, 0.3) is 5.56 Å². The van der Waals surface area contributed by atoms with E-state index in [1.54, 1.807) is 23.0 Å². The Hall–Kier alpha value is -1.88. The first kappa shape index (κ1) is 22.8. The molecule has 0 atom stereocenters. The van der Waals surface area contributed by atoms with Crippen LogP contribution in [-0.2, 0) is 16.4 Å². The highest BCUT2D eigenvalue weighted by atomic mass is 32.2. The zero-order chi connectivity index (χ0) is 21.9. The maximum atomic E-state index is 13.5. The van der Waals surface area contributed by atoms with Gasteiger partial charge in [0.2, 0.25) is 10.0 Å². The van der Waals surface area contributed by atoms with E-state index in [9.17, 15) is 13.2 Å². The highest BCUT2D eigenvalue weighted by Crippen LogP contribution is 2.31. The second kappa shape index (κ2) is 9.51. The maximum absolute atomic E-state index is 13.5. The molecule has 0 fully saturated rings. The van der Waals surface area contributed by atoms with E-state index in [4.69, 9.17) is 9.72 Å². The summed E-state index contributed by atoms with van der Waals surface area (Å²) in [5, 5.41) is 1.24. The summed E-state index contributed by atoms with van der Waals surface area (Å²) in [6.07, 6.45) is 2.61. The predicted molar refractivity (Wildman–Crippen MR) is 124 cm³/mol. The molecule has 0 aliphatic rings. The monoisotopic (exact) mass is 467 g/mol. The van der Waals surface area contributed by atoms with Crippen molar-refractivity contribution in [3.8, 4) is 11.4 Å². The van der Waals surface area contributed by atoms with E-state index in [1.807, 2.05) is 31.2 Å². The Morgan fingerprint density at radius 2 is 2.10 bits per heavy atom. The van der Waals surface area contributed by atoms with Gasteiger partial charge in [-0.2, -0.15) is 0 Å². The smallest absolute Gasteiger partial charge is 0.267 e. The van der Waals surface area contributed by atoms with Gasteiger partial charge in [0.15, 0.2) is 5.16 Å². The number of thioether (sulfide) groups is 1. The minimum absolute atomic E-state index is 0.0986. The number of aromatic nitrogens is 2. The molecule has 1 N–H and O–H groups in total. The number of hydrogen-bond donors (Lipinski definition) is 1. The molecule has 0 radical (unpaired) electrons. The molecule has 3 aromatic rings. The van der Waals surface area contributed by atoms with Gasteiger partial charge in [-0.15, -0.1) is 11.3 Å². The molecule has 7 nitrogen and oxygen atoms in total. The Morgan fingerprint density at radius 3 is 2.77 bits per heavy atom. The van der Waals surface area contributed by atoms with Gasteiger partial charge in [-0.3, -0.25) is 9.36 Å². The number of rotatable bonds is 9. The highest BCUT2D eigenvalue weighted by Gasteiger charge is 2.19. The molecule has 162 valence electrons. The lowest BCUT2D eigenvalue weighted by molar-refractivity contribution is 0.414. The fourth-order valence-electron chi connectivity index (χ4n) is 3.11. The Kier molecular flexibility index (Phi) is 7.22. The molecule has 0 bridgehead atoms. The second-order valence-corrected chi connectivity index (χ2v) is 10.8. The van der Waals surface area contributed by atoms with Gasteiger partial charge in [0, 0.05) is 23.2 Å². The van der Waals surface area contributed by atoms with E-state index in [0.29, 0.717) is 40.7 Å². The SMILES string of the molecule is CCc1sc2nc(SCCCNS(C)(=O)=O)n(-c3cccc(OC)c3)c(=O)c2c1C. The molecule has 2 heterocycles. The Labute approximate surface area is 184 Å². The summed E-state index contributed by atoms with van der Waals surface area (Å²) < 4.78 is 31.9. The van der Waals surface area contributed by atoms with E-state index >= 15 is 0 Å². The molecule has 0 amide bonds. The van der Waals surface area contributed by atoms with Gasteiger partial charge in [0.1, 0.15) is 10.6 Å². The fraction of sp³-hybridized carbons (Fsp3) is 0.400. The van der Waals surface area contributed by atoms with Crippen molar-refractivity contribution >= 4 is 43.3 Å².